The predicted octanol–water partition coefficient (Wildman–Crippen LogP) is 8.07. The van der Waals surface area contributed by atoms with Crippen molar-refractivity contribution < 1.29 is 4.39 Å². The largest absolute Gasteiger partial charge is 0.239 e. The number of hydrogen-bond donors (Lipinski definition) is 0. The van der Waals surface area contributed by atoms with E-state index in [2.05, 4.69) is 58.4 Å². The highest BCUT2D eigenvalue weighted by molar-refractivity contribution is 5.41. The standard InChI is InChI=1S/C25H37F/c1-9-12-19(5)21(7)22(8)24-15-14-23(17-20(24)6)13-11-16-25(26,10-2)18(3)4/h14-15,17,22,24H,3,5-7,9-13,16H2,1-2,4,8H3. The van der Waals surface area contributed by atoms with Gasteiger partial charge in [-0.15, -0.1) is 0 Å². The number of halogens is 1. The molecule has 1 aliphatic rings. The van der Waals surface area contributed by atoms with Crippen LogP contribution in [0.3, 0.4) is 0 Å². The number of allylic oxidation sites excluding steroid dienone is 8. The van der Waals surface area contributed by atoms with Crippen LogP contribution >= 0.6 is 0 Å². The smallest absolute Gasteiger partial charge is 0.131 e. The van der Waals surface area contributed by atoms with Gasteiger partial charge in [0.25, 0.3) is 0 Å². The van der Waals surface area contributed by atoms with Gasteiger partial charge in [-0.3, -0.25) is 0 Å². The summed E-state index contributed by atoms with van der Waals surface area (Å²) in [6.07, 6.45) is 11.4. The summed E-state index contributed by atoms with van der Waals surface area (Å²) in [5, 5.41) is 0. The summed E-state index contributed by atoms with van der Waals surface area (Å²) < 4.78 is 14.7. The molecule has 0 aromatic heterocycles. The average Bonchev–Trinajstić information content (AvgIpc) is 2.60. The molecule has 0 nitrogen and oxygen atoms in total. The van der Waals surface area contributed by atoms with Gasteiger partial charge in [-0.05, 0) is 67.2 Å². The molecule has 0 amide bonds. The Labute approximate surface area is 161 Å². The molecule has 3 unspecified atom stereocenters. The Kier molecular flexibility index (Phi) is 8.53. The summed E-state index contributed by atoms with van der Waals surface area (Å²) in [5.74, 6) is 0.573. The van der Waals surface area contributed by atoms with Crippen LogP contribution in [0.25, 0.3) is 0 Å². The molecule has 0 radical (unpaired) electrons. The van der Waals surface area contributed by atoms with E-state index in [0.29, 0.717) is 24.3 Å². The highest BCUT2D eigenvalue weighted by Crippen LogP contribution is 2.36. The molecule has 0 saturated carbocycles. The molecule has 0 aromatic rings. The number of hydrogen-bond acceptors (Lipinski definition) is 0. The van der Waals surface area contributed by atoms with Gasteiger partial charge in [0.15, 0.2) is 0 Å². The van der Waals surface area contributed by atoms with E-state index in [-0.39, 0.29) is 5.92 Å². The fourth-order valence-corrected chi connectivity index (χ4v) is 3.64. The molecule has 0 N–H and O–H groups in total. The summed E-state index contributed by atoms with van der Waals surface area (Å²) in [5.41, 5.74) is 4.03. The molecular formula is C25H37F. The van der Waals surface area contributed by atoms with Gasteiger partial charge in [0.2, 0.25) is 0 Å². The van der Waals surface area contributed by atoms with Gasteiger partial charge >= 0.3 is 0 Å². The zero-order valence-corrected chi connectivity index (χ0v) is 17.3. The molecule has 0 saturated heterocycles. The van der Waals surface area contributed by atoms with Crippen LogP contribution in [-0.2, 0) is 0 Å². The molecule has 1 heteroatoms. The van der Waals surface area contributed by atoms with Crippen LogP contribution in [0.1, 0.15) is 66.2 Å². The first-order chi connectivity index (χ1) is 12.2. The van der Waals surface area contributed by atoms with Gasteiger partial charge in [0.1, 0.15) is 5.67 Å². The maximum atomic E-state index is 14.7. The van der Waals surface area contributed by atoms with E-state index in [1.165, 1.54) is 5.57 Å². The lowest BCUT2D eigenvalue weighted by Gasteiger charge is -2.28. The first kappa shape index (κ1) is 22.4. The van der Waals surface area contributed by atoms with Gasteiger partial charge in [-0.1, -0.05) is 77.3 Å². The van der Waals surface area contributed by atoms with Crippen LogP contribution in [0, 0.1) is 11.8 Å². The van der Waals surface area contributed by atoms with E-state index < -0.39 is 5.67 Å². The van der Waals surface area contributed by atoms with Crippen molar-refractivity contribution in [3.63, 3.8) is 0 Å². The second kappa shape index (κ2) is 9.90. The lowest BCUT2D eigenvalue weighted by atomic mass is 9.77. The fourth-order valence-electron chi connectivity index (χ4n) is 3.64. The topological polar surface area (TPSA) is 0 Å². The fraction of sp³-hybridized carbons (Fsp3) is 0.520. The molecular weight excluding hydrogens is 319 g/mol. The minimum absolute atomic E-state index is 0.270. The van der Waals surface area contributed by atoms with Crippen molar-refractivity contribution in [2.45, 2.75) is 71.9 Å². The maximum absolute atomic E-state index is 14.7. The average molecular weight is 357 g/mol. The van der Waals surface area contributed by atoms with Crippen LogP contribution in [-0.4, -0.2) is 5.67 Å². The van der Waals surface area contributed by atoms with E-state index in [0.717, 1.165) is 42.4 Å². The molecule has 26 heavy (non-hydrogen) atoms. The molecule has 0 spiro atoms. The van der Waals surface area contributed by atoms with Crippen molar-refractivity contribution in [3.05, 3.63) is 72.4 Å². The van der Waals surface area contributed by atoms with Crippen LogP contribution in [0.2, 0.25) is 0 Å². The number of rotatable bonds is 11. The lowest BCUT2D eigenvalue weighted by molar-refractivity contribution is 0.187. The maximum Gasteiger partial charge on any atom is 0.131 e. The van der Waals surface area contributed by atoms with E-state index in [4.69, 9.17) is 0 Å². The van der Waals surface area contributed by atoms with Crippen molar-refractivity contribution in [2.75, 3.05) is 0 Å². The summed E-state index contributed by atoms with van der Waals surface area (Å²) in [6, 6.07) is 0. The molecule has 0 bridgehead atoms. The first-order valence-electron chi connectivity index (χ1n) is 9.95. The highest BCUT2D eigenvalue weighted by Gasteiger charge is 2.28. The number of alkyl halides is 1. The van der Waals surface area contributed by atoms with Crippen molar-refractivity contribution in [1.29, 1.82) is 0 Å². The molecule has 144 valence electrons. The normalized spacial score (nSPS) is 20.3. The van der Waals surface area contributed by atoms with Crippen molar-refractivity contribution in [3.8, 4) is 0 Å². The van der Waals surface area contributed by atoms with Gasteiger partial charge in [0, 0.05) is 5.92 Å². The molecule has 1 aliphatic carbocycles. The summed E-state index contributed by atoms with van der Waals surface area (Å²) in [4.78, 5) is 0. The third-order valence-corrected chi connectivity index (χ3v) is 5.77. The second-order valence-corrected chi connectivity index (χ2v) is 7.80. The van der Waals surface area contributed by atoms with Gasteiger partial charge in [0.05, 0.1) is 0 Å². The minimum atomic E-state index is -1.23. The Bertz CT molecular complexity index is 616. The highest BCUT2D eigenvalue weighted by atomic mass is 19.1. The van der Waals surface area contributed by atoms with Crippen LogP contribution < -0.4 is 0 Å². The van der Waals surface area contributed by atoms with Gasteiger partial charge in [-0.2, -0.15) is 0 Å². The Morgan fingerprint density at radius 3 is 2.42 bits per heavy atom. The Morgan fingerprint density at radius 1 is 1.27 bits per heavy atom. The molecule has 3 atom stereocenters. The molecule has 0 aromatic carbocycles. The molecule has 0 fully saturated rings. The third-order valence-electron chi connectivity index (χ3n) is 5.77. The van der Waals surface area contributed by atoms with Crippen LogP contribution in [0.4, 0.5) is 4.39 Å². The first-order valence-corrected chi connectivity index (χ1v) is 9.95. The summed E-state index contributed by atoms with van der Waals surface area (Å²) >= 11 is 0. The van der Waals surface area contributed by atoms with E-state index in [1.54, 1.807) is 6.92 Å². The molecule has 1 rings (SSSR count). The molecule has 0 heterocycles. The third kappa shape index (κ3) is 5.69. The minimum Gasteiger partial charge on any atom is -0.239 e. The summed E-state index contributed by atoms with van der Waals surface area (Å²) in [7, 11) is 0. The Hall–Kier alpha value is -1.63. The van der Waals surface area contributed by atoms with Crippen LogP contribution in [0.5, 0.6) is 0 Å². The van der Waals surface area contributed by atoms with E-state index in [9.17, 15) is 4.39 Å². The summed E-state index contributed by atoms with van der Waals surface area (Å²) in [6.45, 7) is 24.6. The van der Waals surface area contributed by atoms with Gasteiger partial charge in [-0.25, -0.2) is 4.39 Å². The van der Waals surface area contributed by atoms with Crippen molar-refractivity contribution >= 4 is 0 Å². The zero-order chi connectivity index (χ0) is 19.9. The van der Waals surface area contributed by atoms with E-state index >= 15 is 0 Å². The van der Waals surface area contributed by atoms with Gasteiger partial charge < -0.3 is 0 Å². The second-order valence-electron chi connectivity index (χ2n) is 7.80. The Morgan fingerprint density at radius 2 is 1.92 bits per heavy atom. The predicted molar refractivity (Wildman–Crippen MR) is 115 cm³/mol. The Balaban J connectivity index is 2.64. The van der Waals surface area contributed by atoms with Crippen molar-refractivity contribution in [1.82, 2.24) is 0 Å². The van der Waals surface area contributed by atoms with E-state index in [1.807, 2.05) is 6.92 Å². The van der Waals surface area contributed by atoms with Crippen LogP contribution in [0.15, 0.2) is 72.4 Å². The lowest BCUT2D eigenvalue weighted by Crippen LogP contribution is -2.22. The van der Waals surface area contributed by atoms with Crippen molar-refractivity contribution in [2.24, 2.45) is 11.8 Å². The quantitative estimate of drug-likeness (QED) is 0.259. The monoisotopic (exact) mass is 356 g/mol. The zero-order valence-electron chi connectivity index (χ0n) is 17.3. The molecule has 0 aliphatic heterocycles. The SMILES string of the molecule is C=C(CCC)C(=C)C(C)C1C=CC(CCCC(F)(CC)C(=C)C)=CC1=C.